The normalized spacial score (nSPS) is 11.2. The maximum absolute atomic E-state index is 14.2. The lowest BCUT2D eigenvalue weighted by molar-refractivity contribution is 0.610. The van der Waals surface area contributed by atoms with Crippen LogP contribution in [-0.4, -0.2) is 24.5 Å². The van der Waals surface area contributed by atoms with Crippen molar-refractivity contribution in [2.75, 3.05) is 0 Å². The van der Waals surface area contributed by atoms with Gasteiger partial charge in [-0.3, -0.25) is 9.36 Å². The summed E-state index contributed by atoms with van der Waals surface area (Å²) in [5, 5.41) is 8.87. The van der Waals surface area contributed by atoms with Crippen molar-refractivity contribution in [3.05, 3.63) is 106 Å². The highest BCUT2D eigenvalue weighted by molar-refractivity contribution is 5.81. The third-order valence-corrected chi connectivity index (χ3v) is 5.52. The topological polar surface area (TPSA) is 65.6 Å². The van der Waals surface area contributed by atoms with Gasteiger partial charge in [-0.2, -0.15) is 0 Å². The molecule has 0 amide bonds. The SMILES string of the molecule is Cc1ccccc1-n1c(Cn2cc(-c3ccccc3F)nn2)nc2cccc(C)c2c1=O. The zero-order chi connectivity index (χ0) is 22.2. The Morgan fingerprint density at radius 1 is 0.906 bits per heavy atom. The third kappa shape index (κ3) is 3.37. The van der Waals surface area contributed by atoms with Gasteiger partial charge in [0, 0.05) is 5.56 Å². The summed E-state index contributed by atoms with van der Waals surface area (Å²) in [6, 6.07) is 19.7. The second-order valence-corrected chi connectivity index (χ2v) is 7.71. The van der Waals surface area contributed by atoms with Gasteiger partial charge in [0.2, 0.25) is 0 Å². The van der Waals surface area contributed by atoms with Crippen molar-refractivity contribution >= 4 is 10.9 Å². The maximum atomic E-state index is 14.2. The highest BCUT2D eigenvalue weighted by atomic mass is 19.1. The number of nitrogens with zero attached hydrogens (tertiary/aromatic N) is 5. The molecule has 5 aromatic rings. The van der Waals surface area contributed by atoms with Crippen molar-refractivity contribution in [1.82, 2.24) is 24.5 Å². The molecular formula is C25H20FN5O. The van der Waals surface area contributed by atoms with E-state index in [-0.39, 0.29) is 17.9 Å². The number of hydrogen-bond donors (Lipinski definition) is 0. The lowest BCUT2D eigenvalue weighted by Crippen LogP contribution is -2.26. The molecule has 0 N–H and O–H groups in total. The fourth-order valence-electron chi connectivity index (χ4n) is 3.92. The highest BCUT2D eigenvalue weighted by Crippen LogP contribution is 2.21. The molecule has 0 aliphatic carbocycles. The Morgan fingerprint density at radius 3 is 2.47 bits per heavy atom. The minimum Gasteiger partial charge on any atom is -0.268 e. The van der Waals surface area contributed by atoms with E-state index in [1.807, 2.05) is 56.3 Å². The molecule has 7 heteroatoms. The van der Waals surface area contributed by atoms with Gasteiger partial charge in [0.05, 0.1) is 22.8 Å². The van der Waals surface area contributed by atoms with Gasteiger partial charge in [-0.1, -0.05) is 47.7 Å². The summed E-state index contributed by atoms with van der Waals surface area (Å²) < 4.78 is 17.4. The van der Waals surface area contributed by atoms with E-state index in [0.29, 0.717) is 28.0 Å². The molecule has 0 saturated heterocycles. The number of aromatic nitrogens is 5. The van der Waals surface area contributed by atoms with Crippen molar-refractivity contribution in [2.24, 2.45) is 0 Å². The second-order valence-electron chi connectivity index (χ2n) is 7.71. The first-order valence-corrected chi connectivity index (χ1v) is 10.3. The van der Waals surface area contributed by atoms with Crippen molar-refractivity contribution in [2.45, 2.75) is 20.4 Å². The number of benzene rings is 3. The summed E-state index contributed by atoms with van der Waals surface area (Å²) in [7, 11) is 0. The zero-order valence-corrected chi connectivity index (χ0v) is 17.7. The van der Waals surface area contributed by atoms with Crippen LogP contribution in [0.2, 0.25) is 0 Å². The standard InChI is InChI=1S/C25H20FN5O/c1-16-8-3-6-13-22(16)31-23(27-20-12-7-9-17(2)24(20)25(31)32)15-30-14-21(28-29-30)18-10-4-5-11-19(18)26/h3-14H,15H2,1-2H3. The zero-order valence-electron chi connectivity index (χ0n) is 17.7. The van der Waals surface area contributed by atoms with Crippen molar-refractivity contribution in [3.63, 3.8) is 0 Å². The number of hydrogen-bond acceptors (Lipinski definition) is 4. The number of aryl methyl sites for hydroxylation is 2. The van der Waals surface area contributed by atoms with Gasteiger partial charge in [0.25, 0.3) is 5.56 Å². The largest absolute Gasteiger partial charge is 0.268 e. The van der Waals surface area contributed by atoms with Crippen molar-refractivity contribution in [3.8, 4) is 16.9 Å². The van der Waals surface area contributed by atoms with Crippen LogP contribution < -0.4 is 5.56 Å². The molecule has 0 unspecified atom stereocenters. The first kappa shape index (κ1) is 19.8. The molecule has 32 heavy (non-hydrogen) atoms. The van der Waals surface area contributed by atoms with E-state index in [4.69, 9.17) is 4.98 Å². The average Bonchev–Trinajstić information content (AvgIpc) is 3.23. The molecule has 2 heterocycles. The van der Waals surface area contributed by atoms with Crippen LogP contribution in [0.3, 0.4) is 0 Å². The average molecular weight is 425 g/mol. The number of para-hydroxylation sites is 1. The number of fused-ring (bicyclic) bond motifs is 1. The van der Waals surface area contributed by atoms with Crippen LogP contribution in [0.1, 0.15) is 17.0 Å². The van der Waals surface area contributed by atoms with Gasteiger partial charge in [0.1, 0.15) is 23.9 Å². The van der Waals surface area contributed by atoms with Crippen LogP contribution in [0.4, 0.5) is 4.39 Å². The fraction of sp³-hybridized carbons (Fsp3) is 0.120. The van der Waals surface area contributed by atoms with E-state index >= 15 is 0 Å². The highest BCUT2D eigenvalue weighted by Gasteiger charge is 2.17. The molecule has 158 valence electrons. The maximum Gasteiger partial charge on any atom is 0.266 e. The number of rotatable bonds is 4. The predicted molar refractivity (Wildman–Crippen MR) is 121 cm³/mol. The quantitative estimate of drug-likeness (QED) is 0.427. The van der Waals surface area contributed by atoms with E-state index in [1.165, 1.54) is 6.07 Å². The Balaban J connectivity index is 1.68. The summed E-state index contributed by atoms with van der Waals surface area (Å²) in [5.74, 6) is 0.156. The molecular weight excluding hydrogens is 405 g/mol. The molecule has 2 aromatic heterocycles. The van der Waals surface area contributed by atoms with Gasteiger partial charge in [0.15, 0.2) is 0 Å². The van der Waals surface area contributed by atoms with Crippen LogP contribution in [0.5, 0.6) is 0 Å². The van der Waals surface area contributed by atoms with E-state index in [9.17, 15) is 9.18 Å². The first-order chi connectivity index (χ1) is 15.5. The smallest absolute Gasteiger partial charge is 0.266 e. The molecule has 0 spiro atoms. The molecule has 0 saturated carbocycles. The summed E-state index contributed by atoms with van der Waals surface area (Å²) in [6.07, 6.45) is 1.66. The Labute approximate surface area is 183 Å². The summed E-state index contributed by atoms with van der Waals surface area (Å²) in [6.45, 7) is 4.07. The molecule has 0 aliphatic heterocycles. The molecule has 0 radical (unpaired) electrons. The Morgan fingerprint density at radius 2 is 1.66 bits per heavy atom. The third-order valence-electron chi connectivity index (χ3n) is 5.52. The first-order valence-electron chi connectivity index (χ1n) is 10.3. The Bertz CT molecular complexity index is 1520. The molecule has 0 aliphatic rings. The van der Waals surface area contributed by atoms with E-state index in [2.05, 4.69) is 10.3 Å². The van der Waals surface area contributed by atoms with E-state index < -0.39 is 0 Å². The number of halogens is 1. The molecule has 0 atom stereocenters. The van der Waals surface area contributed by atoms with Crippen molar-refractivity contribution < 1.29 is 4.39 Å². The molecule has 0 bridgehead atoms. The van der Waals surface area contributed by atoms with Gasteiger partial charge in [-0.15, -0.1) is 5.10 Å². The second kappa shape index (κ2) is 7.85. The lowest BCUT2D eigenvalue weighted by atomic mass is 10.1. The minimum atomic E-state index is -0.365. The van der Waals surface area contributed by atoms with Gasteiger partial charge < -0.3 is 0 Å². The summed E-state index contributed by atoms with van der Waals surface area (Å²) in [5.41, 5.74) is 3.88. The van der Waals surface area contributed by atoms with Crippen LogP contribution in [0.15, 0.2) is 77.7 Å². The van der Waals surface area contributed by atoms with Gasteiger partial charge in [-0.25, -0.2) is 14.1 Å². The van der Waals surface area contributed by atoms with Crippen LogP contribution in [0, 0.1) is 19.7 Å². The molecule has 3 aromatic carbocycles. The summed E-state index contributed by atoms with van der Waals surface area (Å²) in [4.78, 5) is 18.4. The van der Waals surface area contributed by atoms with Gasteiger partial charge >= 0.3 is 0 Å². The molecule has 5 rings (SSSR count). The molecule has 0 fully saturated rings. The predicted octanol–water partition coefficient (Wildman–Crippen LogP) is 4.45. The Kier molecular flexibility index (Phi) is 4.86. The lowest BCUT2D eigenvalue weighted by Gasteiger charge is -2.16. The van der Waals surface area contributed by atoms with Crippen LogP contribution in [0.25, 0.3) is 27.8 Å². The van der Waals surface area contributed by atoms with Crippen LogP contribution in [-0.2, 0) is 6.54 Å². The monoisotopic (exact) mass is 425 g/mol. The van der Waals surface area contributed by atoms with Gasteiger partial charge in [-0.05, 0) is 49.2 Å². The summed E-state index contributed by atoms with van der Waals surface area (Å²) >= 11 is 0. The minimum absolute atomic E-state index is 0.133. The molecule has 6 nitrogen and oxygen atoms in total. The van der Waals surface area contributed by atoms with Crippen molar-refractivity contribution in [1.29, 1.82) is 0 Å². The Hall–Kier alpha value is -4.13. The van der Waals surface area contributed by atoms with Crippen LogP contribution >= 0.6 is 0 Å². The van der Waals surface area contributed by atoms with E-state index in [0.717, 1.165) is 16.8 Å². The fourth-order valence-corrected chi connectivity index (χ4v) is 3.92. The van der Waals surface area contributed by atoms with E-state index in [1.54, 1.807) is 33.6 Å².